The molecule has 1 aliphatic carbocycles. The highest BCUT2D eigenvalue weighted by Crippen LogP contribution is 2.45. The van der Waals surface area contributed by atoms with Gasteiger partial charge in [-0.2, -0.15) is 0 Å². The number of carbonyl (C=O) groups excluding carboxylic acids is 3. The van der Waals surface area contributed by atoms with E-state index in [9.17, 15) is 19.5 Å². The molecule has 152 valence electrons. The van der Waals surface area contributed by atoms with Crippen LogP contribution in [0.2, 0.25) is 0 Å². The molecule has 7 nitrogen and oxygen atoms in total. The van der Waals surface area contributed by atoms with Crippen LogP contribution >= 0.6 is 0 Å². The molecule has 0 radical (unpaired) electrons. The summed E-state index contributed by atoms with van der Waals surface area (Å²) >= 11 is 0. The van der Waals surface area contributed by atoms with Crippen molar-refractivity contribution in [3.05, 3.63) is 12.2 Å². The summed E-state index contributed by atoms with van der Waals surface area (Å²) in [5, 5.41) is 15.3. The van der Waals surface area contributed by atoms with E-state index in [-0.39, 0.29) is 36.2 Å². The predicted octanol–water partition coefficient (Wildman–Crippen LogP) is 0.683. The number of hydrogen-bond acceptors (Lipinski definition) is 4. The average Bonchev–Trinajstić information content (AvgIpc) is 2.91. The lowest BCUT2D eigenvalue weighted by Crippen LogP contribution is -2.55. The molecular weight excluding hydrogens is 346 g/mol. The molecule has 2 aliphatic rings. The van der Waals surface area contributed by atoms with Crippen LogP contribution in [0.1, 0.15) is 41.0 Å². The average molecular weight is 380 g/mol. The molecule has 1 fully saturated rings. The molecule has 1 heterocycles. The highest BCUT2D eigenvalue weighted by Gasteiger charge is 2.58. The molecule has 0 bridgehead atoms. The molecule has 1 aliphatic heterocycles. The fourth-order valence-corrected chi connectivity index (χ4v) is 4.37. The van der Waals surface area contributed by atoms with Crippen molar-refractivity contribution in [1.29, 1.82) is 0 Å². The SMILES string of the molecule is CC[C@@H]1C=C[C@H]2[C@@H](C(=O)N([C@H](C)CO)[C@@H]2C(=O)NC(C)(C)C)[C@@H]1C(=O)NC. The number of nitrogens with one attached hydrogen (secondary N) is 2. The number of nitrogens with zero attached hydrogens (tertiary/aromatic N) is 1. The van der Waals surface area contributed by atoms with E-state index in [1.165, 1.54) is 4.90 Å². The van der Waals surface area contributed by atoms with E-state index >= 15 is 0 Å². The molecular formula is C20H33N3O4. The molecule has 0 unspecified atom stereocenters. The van der Waals surface area contributed by atoms with E-state index in [4.69, 9.17) is 0 Å². The van der Waals surface area contributed by atoms with Crippen molar-refractivity contribution in [3.63, 3.8) is 0 Å². The Morgan fingerprint density at radius 2 is 1.89 bits per heavy atom. The third-order valence-electron chi connectivity index (χ3n) is 5.57. The smallest absolute Gasteiger partial charge is 0.243 e. The van der Waals surface area contributed by atoms with E-state index < -0.39 is 29.5 Å². The van der Waals surface area contributed by atoms with Crippen LogP contribution in [-0.2, 0) is 14.4 Å². The Kier molecular flexibility index (Phi) is 6.35. The van der Waals surface area contributed by atoms with Gasteiger partial charge in [0.2, 0.25) is 17.7 Å². The predicted molar refractivity (Wildman–Crippen MR) is 103 cm³/mol. The van der Waals surface area contributed by atoms with Crippen molar-refractivity contribution in [2.24, 2.45) is 23.7 Å². The lowest BCUT2D eigenvalue weighted by atomic mass is 9.68. The molecule has 6 atom stereocenters. The summed E-state index contributed by atoms with van der Waals surface area (Å²) in [4.78, 5) is 40.5. The van der Waals surface area contributed by atoms with E-state index in [0.717, 1.165) is 6.42 Å². The number of carbonyl (C=O) groups is 3. The number of amides is 3. The fourth-order valence-electron chi connectivity index (χ4n) is 4.37. The Labute approximate surface area is 161 Å². The summed E-state index contributed by atoms with van der Waals surface area (Å²) in [6.07, 6.45) is 4.63. The minimum Gasteiger partial charge on any atom is -0.394 e. The molecule has 1 saturated heterocycles. The number of hydrogen-bond donors (Lipinski definition) is 3. The van der Waals surface area contributed by atoms with Gasteiger partial charge in [0.1, 0.15) is 6.04 Å². The van der Waals surface area contributed by atoms with Crippen molar-refractivity contribution in [2.45, 2.75) is 58.7 Å². The molecule has 0 aromatic rings. The van der Waals surface area contributed by atoms with Gasteiger partial charge >= 0.3 is 0 Å². The zero-order valence-electron chi connectivity index (χ0n) is 17.2. The number of likely N-dealkylation sites (tertiary alicyclic amines) is 1. The standard InChI is InChI=1S/C20H33N3O4/c1-7-12-8-9-13-15(14(12)17(25)21-6)19(27)23(11(2)10-24)16(13)18(26)22-20(3,4)5/h8-9,11-16,24H,7,10H2,1-6H3,(H,21,25)(H,22,26)/t11-,12-,13+,14-,15-,16+/m1/s1. The van der Waals surface area contributed by atoms with Crippen molar-refractivity contribution >= 4 is 17.7 Å². The van der Waals surface area contributed by atoms with Crippen molar-refractivity contribution < 1.29 is 19.5 Å². The quantitative estimate of drug-likeness (QED) is 0.612. The highest BCUT2D eigenvalue weighted by atomic mass is 16.3. The first-order valence-electron chi connectivity index (χ1n) is 9.72. The van der Waals surface area contributed by atoms with Crippen LogP contribution in [0.5, 0.6) is 0 Å². The minimum absolute atomic E-state index is 0.0501. The Balaban J connectivity index is 2.51. The third-order valence-corrected chi connectivity index (χ3v) is 5.57. The number of rotatable bonds is 5. The van der Waals surface area contributed by atoms with Crippen LogP contribution in [0, 0.1) is 23.7 Å². The van der Waals surface area contributed by atoms with Crippen LogP contribution in [0.15, 0.2) is 12.2 Å². The van der Waals surface area contributed by atoms with Crippen LogP contribution in [0.3, 0.4) is 0 Å². The van der Waals surface area contributed by atoms with Crippen LogP contribution in [0.25, 0.3) is 0 Å². The van der Waals surface area contributed by atoms with Gasteiger partial charge in [-0.05, 0) is 40.0 Å². The van der Waals surface area contributed by atoms with Gasteiger partial charge in [0.25, 0.3) is 0 Å². The normalized spacial score (nSPS) is 31.4. The fraction of sp³-hybridized carbons (Fsp3) is 0.750. The first-order chi connectivity index (χ1) is 12.6. The van der Waals surface area contributed by atoms with Crippen molar-refractivity contribution in [2.75, 3.05) is 13.7 Å². The topological polar surface area (TPSA) is 98.7 Å². The van der Waals surface area contributed by atoms with Gasteiger partial charge in [-0.15, -0.1) is 0 Å². The van der Waals surface area contributed by atoms with E-state index in [1.807, 2.05) is 39.8 Å². The molecule has 7 heteroatoms. The van der Waals surface area contributed by atoms with Gasteiger partial charge in [0.15, 0.2) is 0 Å². The second kappa shape index (κ2) is 8.00. The van der Waals surface area contributed by atoms with Gasteiger partial charge in [-0.1, -0.05) is 19.1 Å². The number of aliphatic hydroxyl groups excluding tert-OH is 1. The summed E-state index contributed by atoms with van der Waals surface area (Å²) in [5.41, 5.74) is -0.448. The van der Waals surface area contributed by atoms with Gasteiger partial charge < -0.3 is 20.6 Å². The number of fused-ring (bicyclic) bond motifs is 1. The van der Waals surface area contributed by atoms with Crippen molar-refractivity contribution in [3.8, 4) is 0 Å². The molecule has 2 rings (SSSR count). The molecule has 3 amide bonds. The summed E-state index contributed by atoms with van der Waals surface area (Å²) < 4.78 is 0. The van der Waals surface area contributed by atoms with Crippen molar-refractivity contribution in [1.82, 2.24) is 15.5 Å². The minimum atomic E-state index is -0.731. The molecule has 27 heavy (non-hydrogen) atoms. The van der Waals surface area contributed by atoms with E-state index in [2.05, 4.69) is 10.6 Å². The lowest BCUT2D eigenvalue weighted by Gasteiger charge is -2.35. The Morgan fingerprint density at radius 3 is 2.37 bits per heavy atom. The monoisotopic (exact) mass is 379 g/mol. The van der Waals surface area contributed by atoms with Crippen LogP contribution < -0.4 is 10.6 Å². The van der Waals surface area contributed by atoms with Gasteiger partial charge in [-0.25, -0.2) is 0 Å². The highest BCUT2D eigenvalue weighted by molar-refractivity contribution is 5.97. The first-order valence-corrected chi connectivity index (χ1v) is 9.72. The maximum atomic E-state index is 13.3. The summed E-state index contributed by atoms with van der Waals surface area (Å²) in [5.74, 6) is -2.20. The van der Waals surface area contributed by atoms with Gasteiger partial charge in [0.05, 0.1) is 24.5 Å². The molecule has 0 saturated carbocycles. The Morgan fingerprint density at radius 1 is 1.26 bits per heavy atom. The lowest BCUT2D eigenvalue weighted by molar-refractivity contribution is -0.143. The maximum absolute atomic E-state index is 13.3. The Bertz CT molecular complexity index is 625. The zero-order valence-corrected chi connectivity index (χ0v) is 17.2. The second-order valence-corrected chi connectivity index (χ2v) is 8.66. The third kappa shape index (κ3) is 4.03. The number of aliphatic hydroxyl groups is 1. The zero-order chi connectivity index (χ0) is 20.5. The van der Waals surface area contributed by atoms with Gasteiger partial charge in [-0.3, -0.25) is 14.4 Å². The Hall–Kier alpha value is -1.89. The summed E-state index contributed by atoms with van der Waals surface area (Å²) in [6, 6.07) is -1.23. The maximum Gasteiger partial charge on any atom is 0.243 e. The van der Waals surface area contributed by atoms with Crippen LogP contribution in [-0.4, -0.2) is 59.0 Å². The van der Waals surface area contributed by atoms with Gasteiger partial charge in [0, 0.05) is 18.5 Å². The van der Waals surface area contributed by atoms with E-state index in [1.54, 1.807) is 14.0 Å². The second-order valence-electron chi connectivity index (χ2n) is 8.66. The molecule has 0 aromatic carbocycles. The summed E-state index contributed by atoms with van der Waals surface area (Å²) in [7, 11) is 1.57. The molecule has 0 spiro atoms. The largest absolute Gasteiger partial charge is 0.394 e. The molecule has 0 aromatic heterocycles. The first kappa shape index (κ1) is 21.4. The van der Waals surface area contributed by atoms with E-state index in [0.29, 0.717) is 0 Å². The number of allylic oxidation sites excluding steroid dienone is 1. The van der Waals surface area contributed by atoms with Crippen LogP contribution in [0.4, 0.5) is 0 Å². The molecule has 3 N–H and O–H groups in total. The summed E-state index contributed by atoms with van der Waals surface area (Å²) in [6.45, 7) is 9.13.